The van der Waals surface area contributed by atoms with Crippen LogP contribution in [-0.4, -0.2) is 40.6 Å². The number of benzene rings is 1. The lowest BCUT2D eigenvalue weighted by molar-refractivity contribution is -0.154. The number of nitrogens with zero attached hydrogens (tertiary/aromatic N) is 1. The molecule has 1 aliphatic heterocycles. The van der Waals surface area contributed by atoms with Gasteiger partial charge in [-0.3, -0.25) is 4.79 Å². The highest BCUT2D eigenvalue weighted by Crippen LogP contribution is 2.37. The molecule has 1 aromatic carbocycles. The van der Waals surface area contributed by atoms with Gasteiger partial charge >= 0.3 is 5.97 Å². The third-order valence-electron chi connectivity index (χ3n) is 4.65. The van der Waals surface area contributed by atoms with E-state index in [4.69, 9.17) is 4.74 Å². The largest absolute Gasteiger partial charge is 0.464 e. The lowest BCUT2D eigenvalue weighted by Gasteiger charge is -2.32. The molecule has 2 rings (SSSR count). The van der Waals surface area contributed by atoms with Crippen molar-refractivity contribution in [2.45, 2.75) is 64.3 Å². The highest BCUT2D eigenvalue weighted by molar-refractivity contribution is 8.00. The van der Waals surface area contributed by atoms with E-state index in [1.54, 1.807) is 11.8 Å². The molecule has 26 heavy (non-hydrogen) atoms. The van der Waals surface area contributed by atoms with Gasteiger partial charge in [-0.2, -0.15) is 0 Å². The van der Waals surface area contributed by atoms with Crippen LogP contribution < -0.4 is 0 Å². The highest BCUT2D eigenvalue weighted by atomic mass is 32.2. The van der Waals surface area contributed by atoms with Gasteiger partial charge in [0.25, 0.3) is 0 Å². The van der Waals surface area contributed by atoms with Crippen molar-refractivity contribution >= 4 is 23.6 Å². The molecule has 1 aliphatic rings. The Labute approximate surface area is 161 Å². The molecule has 1 aromatic rings. The van der Waals surface area contributed by atoms with Crippen LogP contribution in [0.25, 0.3) is 0 Å². The molecule has 0 saturated carbocycles. The molecule has 1 heterocycles. The van der Waals surface area contributed by atoms with Crippen LogP contribution in [0.5, 0.6) is 0 Å². The van der Waals surface area contributed by atoms with E-state index < -0.39 is 6.04 Å². The van der Waals surface area contributed by atoms with Crippen molar-refractivity contribution in [3.63, 3.8) is 0 Å². The summed E-state index contributed by atoms with van der Waals surface area (Å²) in [5.74, 6) is 0.655. The fraction of sp³-hybridized carbons (Fsp3) is 0.619. The Bertz CT molecular complexity index is 590. The first-order valence-corrected chi connectivity index (χ1v) is 10.7. The van der Waals surface area contributed by atoms with E-state index >= 15 is 0 Å². The molecule has 3 atom stereocenters. The number of hydrogen-bond acceptors (Lipinski definition) is 4. The third-order valence-corrected chi connectivity index (χ3v) is 5.96. The molecular formula is C21H31NO3S. The van der Waals surface area contributed by atoms with Crippen LogP contribution in [0.4, 0.5) is 0 Å². The summed E-state index contributed by atoms with van der Waals surface area (Å²) in [5.41, 5.74) is 1.01. The number of rotatable bonds is 8. The zero-order valence-corrected chi connectivity index (χ0v) is 17.1. The summed E-state index contributed by atoms with van der Waals surface area (Å²) in [6, 6.07) is 9.40. The van der Waals surface area contributed by atoms with Crippen molar-refractivity contribution < 1.29 is 14.3 Å². The van der Waals surface area contributed by atoms with Crippen molar-refractivity contribution in [3.8, 4) is 0 Å². The zero-order chi connectivity index (χ0) is 19.1. The quantitative estimate of drug-likeness (QED) is 0.628. The Morgan fingerprint density at radius 2 is 1.92 bits per heavy atom. The van der Waals surface area contributed by atoms with E-state index in [9.17, 15) is 9.59 Å². The molecule has 3 unspecified atom stereocenters. The summed E-state index contributed by atoms with van der Waals surface area (Å²) in [6.45, 7) is 8.72. The van der Waals surface area contributed by atoms with Crippen molar-refractivity contribution in [3.05, 3.63) is 35.9 Å². The number of esters is 1. The summed E-state index contributed by atoms with van der Waals surface area (Å²) < 4.78 is 5.38. The van der Waals surface area contributed by atoms with Gasteiger partial charge < -0.3 is 9.64 Å². The lowest BCUT2D eigenvalue weighted by atomic mass is 9.94. The second kappa shape index (κ2) is 10.0. The molecule has 0 bridgehead atoms. The van der Waals surface area contributed by atoms with Gasteiger partial charge in [-0.15, -0.1) is 11.8 Å². The zero-order valence-electron chi connectivity index (χ0n) is 16.3. The second-order valence-electron chi connectivity index (χ2n) is 7.22. The Kier molecular flexibility index (Phi) is 8.01. The van der Waals surface area contributed by atoms with Crippen molar-refractivity contribution in [2.24, 2.45) is 5.92 Å². The van der Waals surface area contributed by atoms with Crippen LogP contribution in [0.1, 0.15) is 58.4 Å². The fourth-order valence-electron chi connectivity index (χ4n) is 3.34. The maximum absolute atomic E-state index is 13.5. The number of carbonyl (C=O) groups is 2. The SMILES string of the molecule is CCCOC(=O)C1CSC(CC(C)C)N1C(=O)C(CC)c1ccccc1. The van der Waals surface area contributed by atoms with Gasteiger partial charge in [0.2, 0.25) is 5.91 Å². The van der Waals surface area contributed by atoms with Crippen molar-refractivity contribution in [2.75, 3.05) is 12.4 Å². The monoisotopic (exact) mass is 377 g/mol. The minimum absolute atomic E-state index is 0.0411. The van der Waals surface area contributed by atoms with Gasteiger partial charge in [0.1, 0.15) is 6.04 Å². The maximum Gasteiger partial charge on any atom is 0.329 e. The molecule has 0 aliphatic carbocycles. The van der Waals surface area contributed by atoms with E-state index in [1.807, 2.05) is 49.1 Å². The van der Waals surface area contributed by atoms with Gasteiger partial charge in [-0.25, -0.2) is 4.79 Å². The summed E-state index contributed by atoms with van der Waals surface area (Å²) >= 11 is 1.70. The number of amides is 1. The average molecular weight is 378 g/mol. The predicted molar refractivity (Wildman–Crippen MR) is 107 cm³/mol. The smallest absolute Gasteiger partial charge is 0.329 e. The van der Waals surface area contributed by atoms with E-state index in [-0.39, 0.29) is 23.2 Å². The van der Waals surface area contributed by atoms with Crippen LogP contribution >= 0.6 is 11.8 Å². The van der Waals surface area contributed by atoms with Gasteiger partial charge in [0.05, 0.1) is 17.9 Å². The third kappa shape index (κ3) is 5.03. The minimum Gasteiger partial charge on any atom is -0.464 e. The van der Waals surface area contributed by atoms with Gasteiger partial charge in [0, 0.05) is 5.75 Å². The van der Waals surface area contributed by atoms with E-state index in [1.165, 1.54) is 0 Å². The van der Waals surface area contributed by atoms with Gasteiger partial charge in [-0.1, -0.05) is 58.0 Å². The Hall–Kier alpha value is -1.49. The van der Waals surface area contributed by atoms with Crippen LogP contribution in [0.3, 0.4) is 0 Å². The van der Waals surface area contributed by atoms with Crippen LogP contribution in [0, 0.1) is 5.92 Å². The normalized spacial score (nSPS) is 21.0. The second-order valence-corrected chi connectivity index (χ2v) is 8.43. The number of hydrogen-bond donors (Lipinski definition) is 0. The van der Waals surface area contributed by atoms with Crippen molar-refractivity contribution in [1.82, 2.24) is 4.90 Å². The Balaban J connectivity index is 2.26. The first kappa shape index (κ1) is 20.8. The van der Waals surface area contributed by atoms with Crippen LogP contribution in [0.15, 0.2) is 30.3 Å². The number of carbonyl (C=O) groups excluding carboxylic acids is 2. The molecule has 0 aromatic heterocycles. The summed E-state index contributed by atoms with van der Waals surface area (Å²) in [7, 11) is 0. The fourth-order valence-corrected chi connectivity index (χ4v) is 4.98. The molecule has 144 valence electrons. The van der Waals surface area contributed by atoms with Gasteiger partial charge in [0.15, 0.2) is 0 Å². The summed E-state index contributed by atoms with van der Waals surface area (Å²) in [5, 5.41) is 0.0411. The van der Waals surface area contributed by atoms with Gasteiger partial charge in [-0.05, 0) is 30.7 Å². The molecule has 4 nitrogen and oxygen atoms in total. The standard InChI is InChI=1S/C21H31NO3S/c1-5-12-25-21(24)18-14-26-19(13-15(3)4)22(18)20(23)17(6-2)16-10-8-7-9-11-16/h7-11,15,17-19H,5-6,12-14H2,1-4H3. The lowest BCUT2D eigenvalue weighted by Crippen LogP contribution is -2.48. The summed E-state index contributed by atoms with van der Waals surface area (Å²) in [6.07, 6.45) is 2.39. The molecule has 1 saturated heterocycles. The predicted octanol–water partition coefficient (Wildman–Crippen LogP) is 4.45. The number of thioether (sulfide) groups is 1. The average Bonchev–Trinajstić information content (AvgIpc) is 3.04. The molecule has 0 spiro atoms. The minimum atomic E-state index is -0.472. The van der Waals surface area contributed by atoms with Crippen molar-refractivity contribution in [1.29, 1.82) is 0 Å². The molecule has 0 N–H and O–H groups in total. The van der Waals surface area contributed by atoms with E-state index in [0.29, 0.717) is 18.3 Å². The number of ether oxygens (including phenoxy) is 1. The molecule has 1 fully saturated rings. The molecular weight excluding hydrogens is 346 g/mol. The molecule has 5 heteroatoms. The highest BCUT2D eigenvalue weighted by Gasteiger charge is 2.44. The topological polar surface area (TPSA) is 46.6 Å². The van der Waals surface area contributed by atoms with Crippen LogP contribution in [0.2, 0.25) is 0 Å². The van der Waals surface area contributed by atoms with E-state index in [2.05, 4.69) is 13.8 Å². The Morgan fingerprint density at radius 1 is 1.23 bits per heavy atom. The first-order valence-electron chi connectivity index (χ1n) is 9.64. The molecule has 1 amide bonds. The van der Waals surface area contributed by atoms with Crippen LogP contribution in [-0.2, 0) is 14.3 Å². The summed E-state index contributed by atoms with van der Waals surface area (Å²) in [4.78, 5) is 27.9. The molecule has 0 radical (unpaired) electrons. The van der Waals surface area contributed by atoms with E-state index in [0.717, 1.165) is 24.8 Å². The Morgan fingerprint density at radius 3 is 2.50 bits per heavy atom. The maximum atomic E-state index is 13.5. The first-order chi connectivity index (χ1) is 12.5.